The van der Waals surface area contributed by atoms with Gasteiger partial charge in [-0.25, -0.2) is 0 Å². The number of nitrogen functional groups attached to an aromatic ring is 1. The van der Waals surface area contributed by atoms with Crippen LogP contribution in [-0.2, 0) is 11.3 Å². The molecule has 0 aliphatic rings. The van der Waals surface area contributed by atoms with E-state index in [9.17, 15) is 4.79 Å². The molecule has 20 heavy (non-hydrogen) atoms. The Morgan fingerprint density at radius 3 is 2.70 bits per heavy atom. The number of aryl methyl sites for hydroxylation is 1. The second-order valence-corrected chi connectivity index (χ2v) is 4.62. The average Bonchev–Trinajstić information content (AvgIpc) is 2.44. The molecule has 0 heterocycles. The van der Waals surface area contributed by atoms with E-state index in [-0.39, 0.29) is 5.91 Å². The number of nitrogens with two attached hydrogens (primary N) is 1. The second kappa shape index (κ2) is 6.21. The molecule has 104 valence electrons. The number of nitrogens with one attached hydrogen (secondary N) is 1. The number of amides is 1. The lowest BCUT2D eigenvalue weighted by atomic mass is 10.1. The Balaban J connectivity index is 2.21. The highest BCUT2D eigenvalue weighted by Gasteiger charge is 2.09. The standard InChI is InChI=1S/C16H18N2O2/c1-11-7-8-12(9-14(11)17)16(19)18-15-6-4-3-5-13(15)10-20-2/h3-9H,10,17H2,1-2H3,(H,18,19). The van der Waals surface area contributed by atoms with Crippen molar-refractivity contribution >= 4 is 17.3 Å². The maximum atomic E-state index is 12.2. The van der Waals surface area contributed by atoms with Crippen molar-refractivity contribution in [3.8, 4) is 0 Å². The van der Waals surface area contributed by atoms with Gasteiger partial charge in [-0.1, -0.05) is 24.3 Å². The van der Waals surface area contributed by atoms with E-state index in [4.69, 9.17) is 10.5 Å². The topological polar surface area (TPSA) is 64.3 Å². The van der Waals surface area contributed by atoms with Crippen molar-refractivity contribution in [1.29, 1.82) is 0 Å². The van der Waals surface area contributed by atoms with Crippen molar-refractivity contribution in [3.63, 3.8) is 0 Å². The summed E-state index contributed by atoms with van der Waals surface area (Å²) in [6, 6.07) is 12.8. The van der Waals surface area contributed by atoms with E-state index in [2.05, 4.69) is 5.32 Å². The summed E-state index contributed by atoms with van der Waals surface area (Å²) in [5, 5.41) is 2.88. The molecule has 0 spiro atoms. The van der Waals surface area contributed by atoms with Gasteiger partial charge in [-0.05, 0) is 30.7 Å². The van der Waals surface area contributed by atoms with Crippen molar-refractivity contribution in [2.45, 2.75) is 13.5 Å². The maximum absolute atomic E-state index is 12.2. The molecule has 2 aromatic carbocycles. The minimum atomic E-state index is -0.180. The summed E-state index contributed by atoms with van der Waals surface area (Å²) >= 11 is 0. The number of hydrogen-bond donors (Lipinski definition) is 2. The second-order valence-electron chi connectivity index (χ2n) is 4.62. The molecule has 0 saturated heterocycles. The number of methoxy groups -OCH3 is 1. The van der Waals surface area contributed by atoms with Crippen LogP contribution in [0.25, 0.3) is 0 Å². The van der Waals surface area contributed by atoms with Crippen LogP contribution >= 0.6 is 0 Å². The Hall–Kier alpha value is -2.33. The largest absolute Gasteiger partial charge is 0.398 e. The van der Waals surface area contributed by atoms with Crippen LogP contribution in [-0.4, -0.2) is 13.0 Å². The minimum absolute atomic E-state index is 0.180. The van der Waals surface area contributed by atoms with E-state index in [1.807, 2.05) is 37.3 Å². The van der Waals surface area contributed by atoms with E-state index in [0.717, 1.165) is 16.8 Å². The van der Waals surface area contributed by atoms with Gasteiger partial charge in [0.2, 0.25) is 0 Å². The number of ether oxygens (including phenoxy) is 1. The summed E-state index contributed by atoms with van der Waals surface area (Å²) in [7, 11) is 1.62. The SMILES string of the molecule is COCc1ccccc1NC(=O)c1ccc(C)c(N)c1. The Morgan fingerprint density at radius 1 is 1.25 bits per heavy atom. The lowest BCUT2D eigenvalue weighted by Gasteiger charge is -2.11. The lowest BCUT2D eigenvalue weighted by Crippen LogP contribution is -2.14. The van der Waals surface area contributed by atoms with Crippen molar-refractivity contribution in [1.82, 2.24) is 0 Å². The van der Waals surface area contributed by atoms with E-state index in [0.29, 0.717) is 17.9 Å². The molecule has 2 rings (SSSR count). The van der Waals surface area contributed by atoms with Gasteiger partial charge in [-0.3, -0.25) is 4.79 Å². The average molecular weight is 270 g/mol. The Labute approximate surface area is 118 Å². The molecule has 0 atom stereocenters. The Bertz CT molecular complexity index is 624. The fourth-order valence-corrected chi connectivity index (χ4v) is 1.90. The van der Waals surface area contributed by atoms with Gasteiger partial charge in [0.05, 0.1) is 6.61 Å². The third-order valence-electron chi connectivity index (χ3n) is 3.11. The molecule has 2 aromatic rings. The maximum Gasteiger partial charge on any atom is 0.255 e. The number of anilines is 2. The summed E-state index contributed by atoms with van der Waals surface area (Å²) in [4.78, 5) is 12.2. The molecule has 0 saturated carbocycles. The molecule has 3 N–H and O–H groups in total. The normalized spacial score (nSPS) is 10.3. The first-order chi connectivity index (χ1) is 9.61. The number of carbonyl (C=O) groups excluding carboxylic acids is 1. The van der Waals surface area contributed by atoms with Gasteiger partial charge in [0, 0.05) is 29.6 Å². The number of benzene rings is 2. The first-order valence-corrected chi connectivity index (χ1v) is 6.36. The molecule has 1 amide bonds. The van der Waals surface area contributed by atoms with Gasteiger partial charge in [-0.15, -0.1) is 0 Å². The number of para-hydroxylation sites is 1. The number of carbonyl (C=O) groups is 1. The van der Waals surface area contributed by atoms with Crippen LogP contribution in [0.2, 0.25) is 0 Å². The minimum Gasteiger partial charge on any atom is -0.398 e. The van der Waals surface area contributed by atoms with E-state index >= 15 is 0 Å². The molecule has 0 unspecified atom stereocenters. The fourth-order valence-electron chi connectivity index (χ4n) is 1.90. The summed E-state index contributed by atoms with van der Waals surface area (Å²) in [6.45, 7) is 2.36. The third kappa shape index (κ3) is 3.16. The highest BCUT2D eigenvalue weighted by molar-refractivity contribution is 6.05. The molecule has 4 nitrogen and oxygen atoms in total. The van der Waals surface area contributed by atoms with Crippen LogP contribution in [0.5, 0.6) is 0 Å². The third-order valence-corrected chi connectivity index (χ3v) is 3.11. The van der Waals surface area contributed by atoms with Crippen LogP contribution in [0.15, 0.2) is 42.5 Å². The lowest BCUT2D eigenvalue weighted by molar-refractivity contribution is 0.102. The molecule has 0 fully saturated rings. The van der Waals surface area contributed by atoms with Crippen LogP contribution in [0, 0.1) is 6.92 Å². The molecule has 0 bridgehead atoms. The molecule has 0 radical (unpaired) electrons. The predicted molar refractivity (Wildman–Crippen MR) is 80.7 cm³/mol. The van der Waals surface area contributed by atoms with E-state index in [1.54, 1.807) is 19.2 Å². The van der Waals surface area contributed by atoms with Crippen LogP contribution < -0.4 is 11.1 Å². The van der Waals surface area contributed by atoms with Gasteiger partial charge in [0.25, 0.3) is 5.91 Å². The molecular formula is C16H18N2O2. The Kier molecular flexibility index (Phi) is 4.38. The van der Waals surface area contributed by atoms with Crippen LogP contribution in [0.1, 0.15) is 21.5 Å². The first-order valence-electron chi connectivity index (χ1n) is 6.36. The Morgan fingerprint density at radius 2 is 2.00 bits per heavy atom. The van der Waals surface area contributed by atoms with Gasteiger partial charge in [-0.2, -0.15) is 0 Å². The highest BCUT2D eigenvalue weighted by Crippen LogP contribution is 2.18. The fraction of sp³-hybridized carbons (Fsp3) is 0.188. The summed E-state index contributed by atoms with van der Waals surface area (Å²) < 4.78 is 5.12. The van der Waals surface area contributed by atoms with E-state index < -0.39 is 0 Å². The van der Waals surface area contributed by atoms with Crippen molar-refractivity contribution < 1.29 is 9.53 Å². The van der Waals surface area contributed by atoms with E-state index in [1.165, 1.54) is 0 Å². The zero-order valence-electron chi connectivity index (χ0n) is 11.6. The molecule has 0 aromatic heterocycles. The molecular weight excluding hydrogens is 252 g/mol. The van der Waals surface area contributed by atoms with Gasteiger partial charge in [0.1, 0.15) is 0 Å². The zero-order chi connectivity index (χ0) is 14.5. The van der Waals surface area contributed by atoms with Gasteiger partial charge in [0.15, 0.2) is 0 Å². The monoisotopic (exact) mass is 270 g/mol. The van der Waals surface area contributed by atoms with Crippen LogP contribution in [0.4, 0.5) is 11.4 Å². The van der Waals surface area contributed by atoms with Crippen molar-refractivity contribution in [2.75, 3.05) is 18.2 Å². The summed E-state index contributed by atoms with van der Waals surface area (Å²) in [5.74, 6) is -0.180. The first kappa shape index (κ1) is 14.1. The van der Waals surface area contributed by atoms with Crippen molar-refractivity contribution in [3.05, 3.63) is 59.2 Å². The highest BCUT2D eigenvalue weighted by atomic mass is 16.5. The summed E-state index contributed by atoms with van der Waals surface area (Å²) in [6.07, 6.45) is 0. The predicted octanol–water partition coefficient (Wildman–Crippen LogP) is 2.98. The number of hydrogen-bond acceptors (Lipinski definition) is 3. The quantitative estimate of drug-likeness (QED) is 0.839. The smallest absolute Gasteiger partial charge is 0.255 e. The van der Waals surface area contributed by atoms with Gasteiger partial charge < -0.3 is 15.8 Å². The molecule has 0 aliphatic carbocycles. The molecule has 4 heteroatoms. The number of rotatable bonds is 4. The van der Waals surface area contributed by atoms with Crippen molar-refractivity contribution in [2.24, 2.45) is 0 Å². The van der Waals surface area contributed by atoms with Gasteiger partial charge >= 0.3 is 0 Å². The van der Waals surface area contributed by atoms with Crippen LogP contribution in [0.3, 0.4) is 0 Å². The zero-order valence-corrected chi connectivity index (χ0v) is 11.6. The molecule has 0 aliphatic heterocycles. The summed E-state index contributed by atoms with van der Waals surface area (Å²) in [5.41, 5.74) is 9.63.